The Morgan fingerprint density at radius 3 is 3.07 bits per heavy atom. The van der Waals surface area contributed by atoms with Gasteiger partial charge in [0.1, 0.15) is 0 Å². The summed E-state index contributed by atoms with van der Waals surface area (Å²) in [6.07, 6.45) is 8.32. The number of allylic oxidation sites excluding steroid dienone is 1. The van der Waals surface area contributed by atoms with E-state index in [0.29, 0.717) is 0 Å². The van der Waals surface area contributed by atoms with Crippen LogP contribution < -0.4 is 5.32 Å². The zero-order chi connectivity index (χ0) is 10.2. The maximum atomic E-state index is 11.0. The highest BCUT2D eigenvalue weighted by atomic mass is 16.1. The van der Waals surface area contributed by atoms with Crippen LogP contribution in [0.1, 0.15) is 39.0 Å². The standard InChI is InChI=1S/C12H17NO/c1-2-6-12(14)13-10-9-11-7-4-3-5-8-11/h7H,3-5,8-10H2,1H3,(H,13,14). The molecule has 0 saturated carbocycles. The Bertz CT molecular complexity index is 280. The molecule has 0 heterocycles. The molecule has 0 unspecified atom stereocenters. The lowest BCUT2D eigenvalue weighted by Gasteiger charge is -2.12. The van der Waals surface area contributed by atoms with Gasteiger partial charge in [-0.3, -0.25) is 4.79 Å². The second kappa shape index (κ2) is 6.26. The molecule has 0 radical (unpaired) electrons. The lowest BCUT2D eigenvalue weighted by Crippen LogP contribution is -2.23. The summed E-state index contributed by atoms with van der Waals surface area (Å²) in [6, 6.07) is 0. The van der Waals surface area contributed by atoms with Crippen LogP contribution in [0.25, 0.3) is 0 Å². The second-order valence-corrected chi connectivity index (χ2v) is 3.49. The number of carbonyl (C=O) groups excluding carboxylic acids is 1. The molecular formula is C12H17NO. The molecule has 0 aromatic rings. The van der Waals surface area contributed by atoms with Crippen LogP contribution in [0.2, 0.25) is 0 Å². The van der Waals surface area contributed by atoms with Gasteiger partial charge in [-0.1, -0.05) is 17.6 Å². The SMILES string of the molecule is CC#CC(=O)NCCC1=CCCCC1. The molecule has 1 aliphatic rings. The Labute approximate surface area is 85.8 Å². The summed E-state index contributed by atoms with van der Waals surface area (Å²) in [5.74, 6) is 4.88. The highest BCUT2D eigenvalue weighted by Gasteiger charge is 2.03. The Morgan fingerprint density at radius 1 is 1.57 bits per heavy atom. The molecule has 2 nitrogen and oxygen atoms in total. The molecule has 2 heteroatoms. The molecule has 0 spiro atoms. The first-order valence-corrected chi connectivity index (χ1v) is 5.21. The van der Waals surface area contributed by atoms with Gasteiger partial charge >= 0.3 is 0 Å². The van der Waals surface area contributed by atoms with Gasteiger partial charge in [-0.15, -0.1) is 0 Å². The minimum atomic E-state index is -0.163. The molecule has 1 rings (SSSR count). The molecular weight excluding hydrogens is 174 g/mol. The molecule has 0 atom stereocenters. The van der Waals surface area contributed by atoms with Gasteiger partial charge in [0, 0.05) is 6.54 Å². The van der Waals surface area contributed by atoms with Gasteiger partial charge in [-0.2, -0.15) is 0 Å². The van der Waals surface area contributed by atoms with Crippen molar-refractivity contribution in [3.63, 3.8) is 0 Å². The Kier molecular flexibility index (Phi) is 4.85. The molecule has 0 aromatic heterocycles. The smallest absolute Gasteiger partial charge is 0.295 e. The van der Waals surface area contributed by atoms with E-state index in [-0.39, 0.29) is 5.91 Å². The normalized spacial score (nSPS) is 15.1. The summed E-state index contributed by atoms with van der Waals surface area (Å²) >= 11 is 0. The molecule has 0 aliphatic heterocycles. The van der Waals surface area contributed by atoms with Gasteiger partial charge in [0.15, 0.2) is 0 Å². The number of hydrogen-bond acceptors (Lipinski definition) is 1. The van der Waals surface area contributed by atoms with Crippen LogP contribution in [-0.2, 0) is 4.79 Å². The monoisotopic (exact) mass is 191 g/mol. The Balaban J connectivity index is 2.16. The lowest BCUT2D eigenvalue weighted by molar-refractivity contribution is -0.115. The summed E-state index contributed by atoms with van der Waals surface area (Å²) in [4.78, 5) is 11.0. The minimum Gasteiger partial charge on any atom is -0.345 e. The number of rotatable bonds is 3. The largest absolute Gasteiger partial charge is 0.345 e. The van der Waals surface area contributed by atoms with Gasteiger partial charge in [-0.25, -0.2) is 0 Å². The quantitative estimate of drug-likeness (QED) is 0.536. The van der Waals surface area contributed by atoms with E-state index in [0.717, 1.165) is 13.0 Å². The van der Waals surface area contributed by atoms with E-state index in [1.165, 1.54) is 31.3 Å². The average molecular weight is 191 g/mol. The highest BCUT2D eigenvalue weighted by Crippen LogP contribution is 2.19. The molecule has 14 heavy (non-hydrogen) atoms. The maximum absolute atomic E-state index is 11.0. The van der Waals surface area contributed by atoms with Crippen LogP contribution in [0.3, 0.4) is 0 Å². The fourth-order valence-corrected chi connectivity index (χ4v) is 1.63. The molecule has 76 valence electrons. The van der Waals surface area contributed by atoms with E-state index in [1.807, 2.05) is 0 Å². The van der Waals surface area contributed by atoms with Crippen molar-refractivity contribution < 1.29 is 4.79 Å². The van der Waals surface area contributed by atoms with Crippen LogP contribution in [-0.4, -0.2) is 12.5 Å². The Morgan fingerprint density at radius 2 is 2.43 bits per heavy atom. The third-order valence-electron chi connectivity index (χ3n) is 2.36. The fourth-order valence-electron chi connectivity index (χ4n) is 1.63. The van der Waals surface area contributed by atoms with Crippen LogP contribution in [0, 0.1) is 11.8 Å². The van der Waals surface area contributed by atoms with Crippen LogP contribution in [0.5, 0.6) is 0 Å². The zero-order valence-corrected chi connectivity index (χ0v) is 8.73. The number of hydrogen-bond donors (Lipinski definition) is 1. The third-order valence-corrected chi connectivity index (χ3v) is 2.36. The summed E-state index contributed by atoms with van der Waals surface area (Å²) < 4.78 is 0. The maximum Gasteiger partial charge on any atom is 0.295 e. The van der Waals surface area contributed by atoms with Crippen molar-refractivity contribution in [1.29, 1.82) is 0 Å². The number of amides is 1. The summed E-state index contributed by atoms with van der Waals surface area (Å²) in [5.41, 5.74) is 1.49. The fraction of sp³-hybridized carbons (Fsp3) is 0.583. The van der Waals surface area contributed by atoms with E-state index in [9.17, 15) is 4.79 Å². The second-order valence-electron chi connectivity index (χ2n) is 3.49. The van der Waals surface area contributed by atoms with Crippen molar-refractivity contribution in [2.75, 3.05) is 6.54 Å². The minimum absolute atomic E-state index is 0.163. The molecule has 1 amide bonds. The van der Waals surface area contributed by atoms with Crippen LogP contribution in [0.4, 0.5) is 0 Å². The first-order chi connectivity index (χ1) is 6.83. The highest BCUT2D eigenvalue weighted by molar-refractivity contribution is 5.93. The van der Waals surface area contributed by atoms with E-state index >= 15 is 0 Å². The summed E-state index contributed by atoms with van der Waals surface area (Å²) in [5, 5.41) is 2.78. The summed E-state index contributed by atoms with van der Waals surface area (Å²) in [6.45, 7) is 2.39. The van der Waals surface area contributed by atoms with E-state index in [4.69, 9.17) is 0 Å². The third kappa shape index (κ3) is 4.13. The summed E-state index contributed by atoms with van der Waals surface area (Å²) in [7, 11) is 0. The average Bonchev–Trinajstić information content (AvgIpc) is 2.20. The van der Waals surface area contributed by atoms with Crippen molar-refractivity contribution in [1.82, 2.24) is 5.32 Å². The van der Waals surface area contributed by atoms with Crippen molar-refractivity contribution in [3.05, 3.63) is 11.6 Å². The van der Waals surface area contributed by atoms with Crippen molar-refractivity contribution in [3.8, 4) is 11.8 Å². The molecule has 1 aliphatic carbocycles. The van der Waals surface area contributed by atoms with Gasteiger partial charge in [0.25, 0.3) is 5.91 Å². The zero-order valence-electron chi connectivity index (χ0n) is 8.73. The molecule has 0 saturated heterocycles. The number of carbonyl (C=O) groups is 1. The number of nitrogens with one attached hydrogen (secondary N) is 1. The predicted molar refractivity (Wildman–Crippen MR) is 57.6 cm³/mol. The first-order valence-electron chi connectivity index (χ1n) is 5.21. The first kappa shape index (κ1) is 10.8. The van der Waals surface area contributed by atoms with Crippen molar-refractivity contribution in [2.45, 2.75) is 39.0 Å². The van der Waals surface area contributed by atoms with Gasteiger partial charge in [-0.05, 0) is 44.9 Å². The molecule has 0 aromatic carbocycles. The van der Waals surface area contributed by atoms with Crippen LogP contribution in [0.15, 0.2) is 11.6 Å². The van der Waals surface area contributed by atoms with Gasteiger partial charge in [0.2, 0.25) is 0 Å². The van der Waals surface area contributed by atoms with E-state index in [1.54, 1.807) is 6.92 Å². The Hall–Kier alpha value is -1.23. The molecule has 0 fully saturated rings. The predicted octanol–water partition coefficient (Wildman–Crippen LogP) is 2.02. The van der Waals surface area contributed by atoms with Gasteiger partial charge < -0.3 is 5.32 Å². The topological polar surface area (TPSA) is 29.1 Å². The lowest BCUT2D eigenvalue weighted by atomic mass is 9.97. The van der Waals surface area contributed by atoms with Crippen LogP contribution >= 0.6 is 0 Å². The van der Waals surface area contributed by atoms with E-state index < -0.39 is 0 Å². The van der Waals surface area contributed by atoms with Crippen molar-refractivity contribution in [2.24, 2.45) is 0 Å². The van der Waals surface area contributed by atoms with Crippen molar-refractivity contribution >= 4 is 5.91 Å². The molecule has 0 bridgehead atoms. The molecule has 1 N–H and O–H groups in total. The van der Waals surface area contributed by atoms with Gasteiger partial charge in [0.05, 0.1) is 0 Å². The van der Waals surface area contributed by atoms with E-state index in [2.05, 4.69) is 23.2 Å².